The predicted octanol–water partition coefficient (Wildman–Crippen LogP) is -0.142. The molecule has 4 heteroatoms. The molecule has 0 spiro atoms. The second-order valence-corrected chi connectivity index (χ2v) is 4.36. The number of ether oxygens (including phenoxy) is 1. The molecule has 1 fully saturated rings. The first-order valence-corrected chi connectivity index (χ1v) is 5.84. The second kappa shape index (κ2) is 7.17. The van der Waals surface area contributed by atoms with Crippen LogP contribution < -0.4 is 5.32 Å². The molecule has 1 heterocycles. The van der Waals surface area contributed by atoms with Gasteiger partial charge in [0.05, 0.1) is 6.61 Å². The minimum absolute atomic E-state index is 0.520. The van der Waals surface area contributed by atoms with Crippen LogP contribution in [0.1, 0.15) is 6.42 Å². The molecule has 1 aliphatic heterocycles. The Morgan fingerprint density at radius 2 is 2.07 bits per heavy atom. The zero-order valence-corrected chi connectivity index (χ0v) is 10.3. The summed E-state index contributed by atoms with van der Waals surface area (Å²) in [4.78, 5) is 4.95. The Labute approximate surface area is 93.6 Å². The number of hydrogen-bond acceptors (Lipinski definition) is 4. The molecule has 0 aromatic carbocycles. The molecule has 90 valence electrons. The third kappa shape index (κ3) is 4.47. The van der Waals surface area contributed by atoms with Crippen LogP contribution in [-0.2, 0) is 4.74 Å². The predicted molar refractivity (Wildman–Crippen MR) is 63.3 cm³/mol. The van der Waals surface area contributed by atoms with Gasteiger partial charge in [-0.15, -0.1) is 0 Å². The normalized spacial score (nSPS) is 22.6. The molecule has 1 atom stereocenters. The van der Waals surface area contributed by atoms with Gasteiger partial charge in [-0.25, -0.2) is 0 Å². The number of methoxy groups -OCH3 is 1. The first-order valence-electron chi connectivity index (χ1n) is 5.84. The smallest absolute Gasteiger partial charge is 0.0630 e. The summed E-state index contributed by atoms with van der Waals surface area (Å²) in [6.45, 7) is 6.58. The van der Waals surface area contributed by atoms with Crippen LogP contribution in [0.4, 0.5) is 0 Å². The summed E-state index contributed by atoms with van der Waals surface area (Å²) < 4.78 is 5.28. The molecule has 0 radical (unpaired) electrons. The van der Waals surface area contributed by atoms with Gasteiger partial charge in [0.2, 0.25) is 0 Å². The van der Waals surface area contributed by atoms with Gasteiger partial charge in [0.25, 0.3) is 0 Å². The lowest BCUT2D eigenvalue weighted by atomic mass is 10.2. The average Bonchev–Trinajstić information content (AvgIpc) is 2.43. The highest BCUT2D eigenvalue weighted by Crippen LogP contribution is 2.06. The Kier molecular flexibility index (Phi) is 6.17. The van der Waals surface area contributed by atoms with Crippen LogP contribution >= 0.6 is 0 Å². The third-order valence-electron chi connectivity index (χ3n) is 3.07. The molecule has 4 nitrogen and oxygen atoms in total. The number of nitrogens with one attached hydrogen (secondary N) is 1. The summed E-state index contributed by atoms with van der Waals surface area (Å²) in [5.74, 6) is 0. The van der Waals surface area contributed by atoms with Crippen LogP contribution in [0.2, 0.25) is 0 Å². The lowest BCUT2D eigenvalue weighted by Gasteiger charge is -2.29. The Hall–Kier alpha value is -0.160. The Morgan fingerprint density at radius 1 is 1.27 bits per heavy atom. The van der Waals surface area contributed by atoms with Crippen molar-refractivity contribution >= 4 is 0 Å². The van der Waals surface area contributed by atoms with Gasteiger partial charge in [-0.2, -0.15) is 0 Å². The van der Waals surface area contributed by atoms with E-state index in [0.29, 0.717) is 6.04 Å². The number of rotatable bonds is 5. The van der Waals surface area contributed by atoms with Crippen LogP contribution in [0.3, 0.4) is 0 Å². The molecule has 1 N–H and O–H groups in total. The van der Waals surface area contributed by atoms with E-state index in [-0.39, 0.29) is 0 Å². The largest absolute Gasteiger partial charge is 0.383 e. The van der Waals surface area contributed by atoms with Crippen LogP contribution in [0.5, 0.6) is 0 Å². The van der Waals surface area contributed by atoms with Crippen molar-refractivity contribution in [1.29, 1.82) is 0 Å². The summed E-state index contributed by atoms with van der Waals surface area (Å²) >= 11 is 0. The van der Waals surface area contributed by atoms with Gasteiger partial charge in [-0.05, 0) is 33.6 Å². The fourth-order valence-corrected chi connectivity index (χ4v) is 2.15. The fourth-order valence-electron chi connectivity index (χ4n) is 2.15. The molecule has 0 amide bonds. The van der Waals surface area contributed by atoms with E-state index in [4.69, 9.17) is 4.74 Å². The van der Waals surface area contributed by atoms with Crippen LogP contribution in [0.15, 0.2) is 0 Å². The number of nitrogens with zero attached hydrogens (tertiary/aromatic N) is 2. The van der Waals surface area contributed by atoms with E-state index in [1.165, 1.54) is 26.1 Å². The monoisotopic (exact) mass is 215 g/mol. The van der Waals surface area contributed by atoms with E-state index in [2.05, 4.69) is 22.2 Å². The highest BCUT2D eigenvalue weighted by molar-refractivity contribution is 4.76. The van der Waals surface area contributed by atoms with Gasteiger partial charge in [0.15, 0.2) is 0 Å². The van der Waals surface area contributed by atoms with Crippen LogP contribution in [-0.4, -0.2) is 76.4 Å². The maximum atomic E-state index is 5.28. The molecular formula is C11H25N3O. The lowest BCUT2D eigenvalue weighted by molar-refractivity contribution is 0.0927. The molecule has 1 saturated heterocycles. The molecule has 0 aliphatic carbocycles. The lowest BCUT2D eigenvalue weighted by Crippen LogP contribution is -2.46. The van der Waals surface area contributed by atoms with Gasteiger partial charge in [-0.3, -0.25) is 4.90 Å². The van der Waals surface area contributed by atoms with Gasteiger partial charge < -0.3 is 15.0 Å². The minimum atomic E-state index is 0.520. The van der Waals surface area contributed by atoms with E-state index in [1.54, 1.807) is 7.11 Å². The SMILES string of the molecule is CNCC(COC)N1CCCN(C)CC1. The Morgan fingerprint density at radius 3 is 2.73 bits per heavy atom. The zero-order chi connectivity index (χ0) is 11.1. The molecular weight excluding hydrogens is 190 g/mol. The maximum Gasteiger partial charge on any atom is 0.0630 e. The first-order chi connectivity index (χ1) is 7.27. The summed E-state index contributed by atoms with van der Waals surface area (Å²) in [7, 11) is 5.99. The van der Waals surface area contributed by atoms with E-state index < -0.39 is 0 Å². The van der Waals surface area contributed by atoms with E-state index in [9.17, 15) is 0 Å². The topological polar surface area (TPSA) is 27.7 Å². The molecule has 0 aromatic heterocycles. The quantitative estimate of drug-likeness (QED) is 0.691. The molecule has 1 rings (SSSR count). The van der Waals surface area contributed by atoms with Crippen molar-refractivity contribution < 1.29 is 4.74 Å². The summed E-state index contributed by atoms with van der Waals surface area (Å²) in [6, 6.07) is 0.520. The standard InChI is InChI=1S/C11H25N3O/c1-12-9-11(10-15-3)14-6-4-5-13(2)7-8-14/h11-12H,4-10H2,1-3H3. The number of likely N-dealkylation sites (N-methyl/N-ethyl adjacent to an activating group) is 2. The molecule has 0 saturated carbocycles. The first kappa shape index (κ1) is 12.9. The van der Waals surface area contributed by atoms with Gasteiger partial charge >= 0.3 is 0 Å². The number of hydrogen-bond donors (Lipinski definition) is 1. The third-order valence-corrected chi connectivity index (χ3v) is 3.07. The van der Waals surface area contributed by atoms with Crippen LogP contribution in [0.25, 0.3) is 0 Å². The van der Waals surface area contributed by atoms with Crippen molar-refractivity contribution in [1.82, 2.24) is 15.1 Å². The second-order valence-electron chi connectivity index (χ2n) is 4.36. The minimum Gasteiger partial charge on any atom is -0.383 e. The average molecular weight is 215 g/mol. The molecule has 0 aromatic rings. The summed E-state index contributed by atoms with van der Waals surface area (Å²) in [5.41, 5.74) is 0. The molecule has 1 aliphatic rings. The molecule has 15 heavy (non-hydrogen) atoms. The van der Waals surface area contributed by atoms with E-state index in [1.807, 2.05) is 7.05 Å². The molecule has 0 bridgehead atoms. The highest BCUT2D eigenvalue weighted by Gasteiger charge is 2.20. The van der Waals surface area contributed by atoms with E-state index >= 15 is 0 Å². The van der Waals surface area contributed by atoms with Crippen molar-refractivity contribution in [2.75, 3.05) is 60.5 Å². The Bertz CT molecular complexity index is 160. The van der Waals surface area contributed by atoms with Crippen LogP contribution in [0, 0.1) is 0 Å². The van der Waals surface area contributed by atoms with Crippen molar-refractivity contribution in [3.8, 4) is 0 Å². The fraction of sp³-hybridized carbons (Fsp3) is 1.00. The van der Waals surface area contributed by atoms with Gasteiger partial charge in [0, 0.05) is 32.8 Å². The summed E-state index contributed by atoms with van der Waals surface area (Å²) in [6.07, 6.45) is 1.26. The maximum absolute atomic E-state index is 5.28. The van der Waals surface area contributed by atoms with Crippen molar-refractivity contribution in [2.45, 2.75) is 12.5 Å². The van der Waals surface area contributed by atoms with Crippen molar-refractivity contribution in [3.05, 3.63) is 0 Å². The van der Waals surface area contributed by atoms with Crippen molar-refractivity contribution in [3.63, 3.8) is 0 Å². The zero-order valence-electron chi connectivity index (χ0n) is 10.3. The van der Waals surface area contributed by atoms with Crippen molar-refractivity contribution in [2.24, 2.45) is 0 Å². The highest BCUT2D eigenvalue weighted by atomic mass is 16.5. The summed E-state index contributed by atoms with van der Waals surface area (Å²) in [5, 5.41) is 3.25. The van der Waals surface area contributed by atoms with Gasteiger partial charge in [0.1, 0.15) is 0 Å². The Balaban J connectivity index is 2.42. The molecule has 1 unspecified atom stereocenters. The van der Waals surface area contributed by atoms with Gasteiger partial charge in [-0.1, -0.05) is 0 Å². The van der Waals surface area contributed by atoms with E-state index in [0.717, 1.165) is 19.7 Å².